The highest BCUT2D eigenvalue weighted by Crippen LogP contribution is 2.18. The van der Waals surface area contributed by atoms with Crippen LogP contribution in [-0.2, 0) is 4.74 Å². The van der Waals surface area contributed by atoms with Crippen molar-refractivity contribution >= 4 is 11.9 Å². The molecule has 0 aliphatic heterocycles. The lowest BCUT2D eigenvalue weighted by Crippen LogP contribution is -2.31. The molecule has 2 rings (SSSR count). The topological polar surface area (TPSA) is 59.5 Å². The SMILES string of the molecule is CC(C)CN(C)C(=O)c1cccc(C(=O)OCC2CC=CCC2)n1. The van der Waals surface area contributed by atoms with Crippen LogP contribution in [0.2, 0.25) is 0 Å². The Morgan fingerprint density at radius 3 is 2.71 bits per heavy atom. The van der Waals surface area contributed by atoms with E-state index in [0.29, 0.717) is 25.0 Å². The highest BCUT2D eigenvalue weighted by Gasteiger charge is 2.18. The van der Waals surface area contributed by atoms with Crippen LogP contribution in [0.5, 0.6) is 0 Å². The van der Waals surface area contributed by atoms with Crippen LogP contribution in [0.4, 0.5) is 0 Å². The summed E-state index contributed by atoms with van der Waals surface area (Å²) in [5.41, 5.74) is 0.457. The van der Waals surface area contributed by atoms with E-state index < -0.39 is 5.97 Å². The first kappa shape index (κ1) is 18.2. The van der Waals surface area contributed by atoms with Crippen molar-refractivity contribution in [2.45, 2.75) is 33.1 Å². The van der Waals surface area contributed by atoms with Gasteiger partial charge in [-0.05, 0) is 43.2 Å². The number of pyridine rings is 1. The van der Waals surface area contributed by atoms with Gasteiger partial charge >= 0.3 is 5.97 Å². The van der Waals surface area contributed by atoms with Gasteiger partial charge in [-0.15, -0.1) is 0 Å². The fraction of sp³-hybridized carbons (Fsp3) is 0.526. The van der Waals surface area contributed by atoms with Crippen molar-refractivity contribution in [3.8, 4) is 0 Å². The van der Waals surface area contributed by atoms with E-state index in [1.165, 1.54) is 0 Å². The molecule has 0 bridgehead atoms. The maximum atomic E-state index is 12.4. The van der Waals surface area contributed by atoms with E-state index in [2.05, 4.69) is 17.1 Å². The standard InChI is InChI=1S/C19H26N2O3/c1-14(2)12-21(3)18(22)16-10-7-11-17(20-16)19(23)24-13-15-8-5-4-6-9-15/h4-5,7,10-11,14-15H,6,8-9,12-13H2,1-3H3. The van der Waals surface area contributed by atoms with E-state index in [9.17, 15) is 9.59 Å². The second kappa shape index (κ2) is 8.62. The Morgan fingerprint density at radius 2 is 2.04 bits per heavy atom. The summed E-state index contributed by atoms with van der Waals surface area (Å²) in [6.07, 6.45) is 7.30. The monoisotopic (exact) mass is 330 g/mol. The molecule has 1 atom stereocenters. The number of carbonyl (C=O) groups is 2. The molecule has 5 nitrogen and oxygen atoms in total. The first-order chi connectivity index (χ1) is 11.5. The van der Waals surface area contributed by atoms with Crippen LogP contribution in [0, 0.1) is 11.8 Å². The van der Waals surface area contributed by atoms with E-state index >= 15 is 0 Å². The average Bonchev–Trinajstić information content (AvgIpc) is 2.59. The van der Waals surface area contributed by atoms with Gasteiger partial charge in [-0.2, -0.15) is 0 Å². The van der Waals surface area contributed by atoms with Crippen LogP contribution < -0.4 is 0 Å². The van der Waals surface area contributed by atoms with Gasteiger partial charge in [-0.25, -0.2) is 9.78 Å². The number of nitrogens with zero attached hydrogens (tertiary/aromatic N) is 2. The minimum atomic E-state index is -0.467. The fourth-order valence-corrected chi connectivity index (χ4v) is 2.77. The van der Waals surface area contributed by atoms with Gasteiger partial charge in [-0.1, -0.05) is 32.1 Å². The lowest BCUT2D eigenvalue weighted by Gasteiger charge is -2.19. The van der Waals surface area contributed by atoms with Crippen molar-refractivity contribution in [2.24, 2.45) is 11.8 Å². The largest absolute Gasteiger partial charge is 0.461 e. The predicted molar refractivity (Wildman–Crippen MR) is 92.8 cm³/mol. The van der Waals surface area contributed by atoms with Gasteiger partial charge in [0.25, 0.3) is 5.91 Å². The lowest BCUT2D eigenvalue weighted by molar-refractivity contribution is 0.0425. The summed E-state index contributed by atoms with van der Waals surface area (Å²) in [5, 5.41) is 0. The normalized spacial score (nSPS) is 16.9. The van der Waals surface area contributed by atoms with E-state index in [0.717, 1.165) is 19.3 Å². The zero-order chi connectivity index (χ0) is 17.5. The van der Waals surface area contributed by atoms with Crippen molar-refractivity contribution < 1.29 is 14.3 Å². The molecule has 0 saturated carbocycles. The summed E-state index contributed by atoms with van der Waals surface area (Å²) >= 11 is 0. The molecule has 0 N–H and O–H groups in total. The van der Waals surface area contributed by atoms with Crippen LogP contribution in [0.25, 0.3) is 0 Å². The summed E-state index contributed by atoms with van der Waals surface area (Å²) < 4.78 is 5.37. The molecule has 0 radical (unpaired) electrons. The molecule has 5 heteroatoms. The molecule has 1 aliphatic carbocycles. The van der Waals surface area contributed by atoms with E-state index in [-0.39, 0.29) is 17.3 Å². The minimum absolute atomic E-state index is 0.184. The van der Waals surface area contributed by atoms with Crippen LogP contribution in [0.1, 0.15) is 54.1 Å². The van der Waals surface area contributed by atoms with Crippen molar-refractivity contribution in [1.82, 2.24) is 9.88 Å². The third kappa shape index (κ3) is 5.18. The number of ether oxygens (including phenoxy) is 1. The van der Waals surface area contributed by atoms with Crippen molar-refractivity contribution in [1.29, 1.82) is 0 Å². The number of carbonyl (C=O) groups excluding carboxylic acids is 2. The van der Waals surface area contributed by atoms with E-state index in [4.69, 9.17) is 4.74 Å². The second-order valence-corrected chi connectivity index (χ2v) is 6.74. The van der Waals surface area contributed by atoms with Crippen molar-refractivity contribution in [3.05, 3.63) is 41.7 Å². The highest BCUT2D eigenvalue weighted by atomic mass is 16.5. The summed E-state index contributed by atoms with van der Waals surface area (Å²) in [4.78, 5) is 30.4. The third-order valence-corrected chi connectivity index (χ3v) is 3.99. The smallest absolute Gasteiger partial charge is 0.356 e. The maximum Gasteiger partial charge on any atom is 0.356 e. The number of amides is 1. The van der Waals surface area contributed by atoms with Gasteiger partial charge in [0.05, 0.1) is 6.61 Å². The van der Waals surface area contributed by atoms with E-state index in [1.807, 2.05) is 13.8 Å². The zero-order valence-electron chi connectivity index (χ0n) is 14.7. The van der Waals surface area contributed by atoms with Gasteiger partial charge in [0.2, 0.25) is 0 Å². The molecular formula is C19H26N2O3. The molecule has 0 fully saturated rings. The third-order valence-electron chi connectivity index (χ3n) is 3.99. The first-order valence-electron chi connectivity index (χ1n) is 8.52. The number of hydrogen-bond donors (Lipinski definition) is 0. The van der Waals surface area contributed by atoms with E-state index in [1.54, 1.807) is 30.1 Å². The Kier molecular flexibility index (Phi) is 6.53. The Morgan fingerprint density at radius 1 is 1.29 bits per heavy atom. The highest BCUT2D eigenvalue weighted by molar-refractivity contribution is 5.94. The Hall–Kier alpha value is -2.17. The van der Waals surface area contributed by atoms with Crippen molar-refractivity contribution in [3.63, 3.8) is 0 Å². The quantitative estimate of drug-likeness (QED) is 0.593. The molecule has 1 aromatic heterocycles. The van der Waals surface area contributed by atoms with Gasteiger partial charge in [0, 0.05) is 13.6 Å². The van der Waals surface area contributed by atoms with Gasteiger partial charge in [0.1, 0.15) is 11.4 Å². The molecule has 130 valence electrons. The van der Waals surface area contributed by atoms with Crippen LogP contribution in [0.3, 0.4) is 0 Å². The minimum Gasteiger partial charge on any atom is -0.461 e. The molecule has 0 saturated heterocycles. The number of hydrogen-bond acceptors (Lipinski definition) is 4. The molecule has 1 aliphatic rings. The fourth-order valence-electron chi connectivity index (χ4n) is 2.77. The molecule has 1 amide bonds. The molecule has 0 spiro atoms. The van der Waals surface area contributed by atoms with Gasteiger partial charge < -0.3 is 9.64 Å². The summed E-state index contributed by atoms with van der Waals surface area (Å²) in [6, 6.07) is 4.88. The second-order valence-electron chi connectivity index (χ2n) is 6.74. The molecule has 1 unspecified atom stereocenters. The number of esters is 1. The average molecular weight is 330 g/mol. The van der Waals surface area contributed by atoms with Crippen LogP contribution in [0.15, 0.2) is 30.4 Å². The first-order valence-corrected chi connectivity index (χ1v) is 8.52. The molecule has 24 heavy (non-hydrogen) atoms. The van der Waals surface area contributed by atoms with Gasteiger partial charge in [-0.3, -0.25) is 4.79 Å². The summed E-state index contributed by atoms with van der Waals surface area (Å²) in [7, 11) is 1.74. The summed E-state index contributed by atoms with van der Waals surface area (Å²) in [5.74, 6) is 0.0964. The van der Waals surface area contributed by atoms with Gasteiger partial charge in [0.15, 0.2) is 0 Å². The van der Waals surface area contributed by atoms with Crippen LogP contribution in [-0.4, -0.2) is 42.0 Å². The molecule has 1 aromatic rings. The summed E-state index contributed by atoms with van der Waals surface area (Å²) in [6.45, 7) is 5.14. The van der Waals surface area contributed by atoms with Crippen molar-refractivity contribution in [2.75, 3.05) is 20.2 Å². The maximum absolute atomic E-state index is 12.4. The lowest BCUT2D eigenvalue weighted by atomic mass is 9.95. The van der Waals surface area contributed by atoms with Crippen LogP contribution >= 0.6 is 0 Å². The number of rotatable bonds is 6. The number of aromatic nitrogens is 1. The Labute approximate surface area is 143 Å². The Balaban J connectivity index is 1.97. The Bertz CT molecular complexity index is 610. The molecule has 0 aromatic carbocycles. The molecular weight excluding hydrogens is 304 g/mol. The predicted octanol–water partition coefficient (Wildman–Crippen LogP) is 3.32. The zero-order valence-corrected chi connectivity index (χ0v) is 14.7. The molecule has 1 heterocycles. The number of allylic oxidation sites excluding steroid dienone is 2.